The van der Waals surface area contributed by atoms with Crippen molar-refractivity contribution in [1.29, 1.82) is 0 Å². The van der Waals surface area contributed by atoms with Gasteiger partial charge >= 0.3 is 5.97 Å². The molecule has 3 aliphatic carbocycles. The fourth-order valence-electron chi connectivity index (χ4n) is 6.61. The quantitative estimate of drug-likeness (QED) is 0.331. The molecule has 0 aromatic heterocycles. The minimum Gasteiger partial charge on any atom is -0.454 e. The summed E-state index contributed by atoms with van der Waals surface area (Å²) in [4.78, 5) is 54.2. The summed E-state index contributed by atoms with van der Waals surface area (Å²) < 4.78 is 6.18. The van der Waals surface area contributed by atoms with Gasteiger partial charge in [0.2, 0.25) is 11.8 Å². The van der Waals surface area contributed by atoms with Gasteiger partial charge in [0.1, 0.15) is 6.04 Å². The molecular formula is C31H27BrN2O5. The third-order valence-electron chi connectivity index (χ3n) is 8.28. The summed E-state index contributed by atoms with van der Waals surface area (Å²) in [5, 5.41) is 2.77. The van der Waals surface area contributed by atoms with Crippen LogP contribution >= 0.6 is 15.9 Å². The molecule has 1 aliphatic heterocycles. The standard InChI is InChI=1S/C31H27BrN2O5/c1-3-17-14-18(32)12-13-23(17)33-24(35)15-39-31(38)16(2)34-29(36)27-25-19-8-4-5-9-20(19)26(28(27)30(34)37)22-11-7-6-10-21(22)25/h4-14,16,25-28H,3,15H2,1-2H3,(H,33,35)/t16-,25?,26?,27-,28+/m1/s1. The second-order valence-electron chi connectivity index (χ2n) is 10.3. The summed E-state index contributed by atoms with van der Waals surface area (Å²) in [6.45, 7) is 2.94. The van der Waals surface area contributed by atoms with E-state index in [1.54, 1.807) is 6.07 Å². The topological polar surface area (TPSA) is 92.8 Å². The lowest BCUT2D eigenvalue weighted by atomic mass is 9.55. The number of imide groups is 1. The van der Waals surface area contributed by atoms with Crippen LogP contribution < -0.4 is 5.32 Å². The van der Waals surface area contributed by atoms with E-state index in [1.807, 2.05) is 67.6 Å². The molecule has 7 nitrogen and oxygen atoms in total. The van der Waals surface area contributed by atoms with E-state index in [9.17, 15) is 19.2 Å². The molecule has 3 aromatic carbocycles. The van der Waals surface area contributed by atoms with Crippen molar-refractivity contribution < 1.29 is 23.9 Å². The monoisotopic (exact) mass is 586 g/mol. The Labute approximate surface area is 234 Å². The molecule has 8 heteroatoms. The van der Waals surface area contributed by atoms with Gasteiger partial charge < -0.3 is 10.1 Å². The normalized spacial score (nSPS) is 23.1. The maximum absolute atomic E-state index is 13.8. The molecule has 3 atom stereocenters. The first-order valence-electron chi connectivity index (χ1n) is 13.1. The van der Waals surface area contributed by atoms with Gasteiger partial charge in [-0.2, -0.15) is 0 Å². The van der Waals surface area contributed by atoms with Crippen LogP contribution in [0.25, 0.3) is 0 Å². The van der Waals surface area contributed by atoms with Crippen LogP contribution in [-0.2, 0) is 30.3 Å². The van der Waals surface area contributed by atoms with Crippen LogP contribution in [-0.4, -0.2) is 41.2 Å². The van der Waals surface area contributed by atoms with Crippen LogP contribution in [0.4, 0.5) is 5.69 Å². The number of hydrogen-bond donors (Lipinski definition) is 1. The minimum atomic E-state index is -1.15. The van der Waals surface area contributed by atoms with E-state index in [-0.39, 0.29) is 23.7 Å². The highest BCUT2D eigenvalue weighted by atomic mass is 79.9. The van der Waals surface area contributed by atoms with Gasteiger partial charge in [0.15, 0.2) is 6.61 Å². The van der Waals surface area contributed by atoms with E-state index < -0.39 is 36.4 Å². The van der Waals surface area contributed by atoms with E-state index in [4.69, 9.17) is 4.74 Å². The Bertz CT molecular complexity index is 1420. The summed E-state index contributed by atoms with van der Waals surface area (Å²) in [5.74, 6) is -3.65. The summed E-state index contributed by atoms with van der Waals surface area (Å²) in [6, 6.07) is 20.3. The van der Waals surface area contributed by atoms with Crippen LogP contribution in [0.15, 0.2) is 71.2 Å². The van der Waals surface area contributed by atoms with Crippen LogP contribution in [0, 0.1) is 11.8 Å². The zero-order valence-corrected chi connectivity index (χ0v) is 23.1. The highest BCUT2D eigenvalue weighted by molar-refractivity contribution is 9.10. The third-order valence-corrected chi connectivity index (χ3v) is 8.77. The second kappa shape index (κ2) is 9.75. The third kappa shape index (κ3) is 4.00. The van der Waals surface area contributed by atoms with Crippen molar-refractivity contribution in [3.8, 4) is 0 Å². The zero-order chi connectivity index (χ0) is 27.4. The lowest BCUT2D eigenvalue weighted by molar-refractivity contribution is -0.159. The highest BCUT2D eigenvalue weighted by Crippen LogP contribution is 2.61. The van der Waals surface area contributed by atoms with Gasteiger partial charge in [0.05, 0.1) is 11.8 Å². The molecule has 0 unspecified atom stereocenters. The molecule has 3 aromatic rings. The molecule has 2 bridgehead atoms. The summed E-state index contributed by atoms with van der Waals surface area (Å²) in [7, 11) is 0. The fraction of sp³-hybridized carbons (Fsp3) is 0.290. The van der Waals surface area contributed by atoms with Gasteiger partial charge in [-0.15, -0.1) is 0 Å². The minimum absolute atomic E-state index is 0.249. The van der Waals surface area contributed by atoms with Gasteiger partial charge in [-0.05, 0) is 59.4 Å². The second-order valence-corrected chi connectivity index (χ2v) is 11.2. The zero-order valence-electron chi connectivity index (χ0n) is 21.5. The molecule has 198 valence electrons. The number of halogens is 1. The van der Waals surface area contributed by atoms with Crippen molar-refractivity contribution >= 4 is 45.3 Å². The van der Waals surface area contributed by atoms with Crippen molar-refractivity contribution in [3.63, 3.8) is 0 Å². The molecule has 1 saturated heterocycles. The molecule has 4 aliphatic rings. The van der Waals surface area contributed by atoms with Crippen molar-refractivity contribution in [1.82, 2.24) is 4.90 Å². The number of carbonyl (C=O) groups excluding carboxylic acids is 4. The number of anilines is 1. The number of nitrogens with one attached hydrogen (secondary N) is 1. The lowest BCUT2D eigenvalue weighted by Gasteiger charge is -2.45. The number of rotatable bonds is 6. The number of esters is 1. The number of carbonyl (C=O) groups is 4. The van der Waals surface area contributed by atoms with E-state index in [1.165, 1.54) is 6.92 Å². The molecule has 1 fully saturated rings. The Morgan fingerprint density at radius 2 is 1.41 bits per heavy atom. The predicted molar refractivity (Wildman–Crippen MR) is 148 cm³/mol. The SMILES string of the molecule is CCc1cc(Br)ccc1NC(=O)COC(=O)[C@@H](C)N1C(=O)[C@@H]2C3c4ccccc4C(c4ccccc43)[C@@H]2C1=O. The number of hydrogen-bond acceptors (Lipinski definition) is 5. The van der Waals surface area contributed by atoms with Crippen LogP contribution in [0.1, 0.15) is 53.5 Å². The number of aryl methyl sites for hydroxylation is 1. The molecule has 0 spiro atoms. The van der Waals surface area contributed by atoms with Gasteiger partial charge in [-0.25, -0.2) is 4.79 Å². The van der Waals surface area contributed by atoms with Crippen LogP contribution in [0.5, 0.6) is 0 Å². The molecule has 1 N–H and O–H groups in total. The average Bonchev–Trinajstić information content (AvgIpc) is 3.22. The largest absolute Gasteiger partial charge is 0.454 e. The molecule has 39 heavy (non-hydrogen) atoms. The summed E-state index contributed by atoms with van der Waals surface area (Å²) in [6.07, 6.45) is 0.711. The molecule has 1 heterocycles. The van der Waals surface area contributed by atoms with Crippen molar-refractivity contribution in [2.45, 2.75) is 38.1 Å². The number of nitrogens with zero attached hydrogens (tertiary/aromatic N) is 1. The molecule has 0 saturated carbocycles. The summed E-state index contributed by atoms with van der Waals surface area (Å²) >= 11 is 3.42. The first-order chi connectivity index (χ1) is 18.8. The first kappa shape index (κ1) is 25.5. The smallest absolute Gasteiger partial charge is 0.329 e. The van der Waals surface area contributed by atoms with Gasteiger partial charge in [-0.3, -0.25) is 19.3 Å². The number of benzene rings is 3. The van der Waals surface area contributed by atoms with Gasteiger partial charge in [0, 0.05) is 22.0 Å². The fourth-order valence-corrected chi connectivity index (χ4v) is 7.02. The molecule has 3 amide bonds. The highest BCUT2D eigenvalue weighted by Gasteiger charge is 2.62. The maximum atomic E-state index is 13.8. The Kier molecular flexibility index (Phi) is 6.38. The van der Waals surface area contributed by atoms with Crippen LogP contribution in [0.3, 0.4) is 0 Å². The Hall–Kier alpha value is -3.78. The first-order valence-corrected chi connectivity index (χ1v) is 13.9. The number of ether oxygens (including phenoxy) is 1. The molecule has 7 rings (SSSR count). The van der Waals surface area contributed by atoms with Crippen molar-refractivity contribution in [2.24, 2.45) is 11.8 Å². The Balaban J connectivity index is 1.20. The van der Waals surface area contributed by atoms with E-state index in [0.29, 0.717) is 12.1 Å². The van der Waals surface area contributed by atoms with Crippen molar-refractivity contribution in [2.75, 3.05) is 11.9 Å². The lowest BCUT2D eigenvalue weighted by Crippen LogP contribution is -2.45. The van der Waals surface area contributed by atoms with Gasteiger partial charge in [0.25, 0.3) is 5.91 Å². The maximum Gasteiger partial charge on any atom is 0.329 e. The predicted octanol–water partition coefficient (Wildman–Crippen LogP) is 4.77. The Morgan fingerprint density at radius 1 is 0.897 bits per heavy atom. The van der Waals surface area contributed by atoms with Crippen molar-refractivity contribution in [3.05, 3.63) is 99.0 Å². The number of amides is 3. The number of likely N-dealkylation sites (tertiary alicyclic amines) is 1. The van der Waals surface area contributed by atoms with E-state index >= 15 is 0 Å². The van der Waals surface area contributed by atoms with Crippen LogP contribution in [0.2, 0.25) is 0 Å². The Morgan fingerprint density at radius 3 is 1.90 bits per heavy atom. The van der Waals surface area contributed by atoms with E-state index in [2.05, 4.69) is 21.2 Å². The average molecular weight is 587 g/mol. The van der Waals surface area contributed by atoms with Gasteiger partial charge in [-0.1, -0.05) is 71.4 Å². The van der Waals surface area contributed by atoms with E-state index in [0.717, 1.165) is 37.2 Å². The molecular weight excluding hydrogens is 560 g/mol. The molecule has 0 radical (unpaired) electrons. The summed E-state index contributed by atoms with van der Waals surface area (Å²) in [5.41, 5.74) is 5.84.